The fraction of sp³-hybridized carbons (Fsp3) is 0.125. The zero-order valence-corrected chi connectivity index (χ0v) is 12.5. The Kier molecular flexibility index (Phi) is 4.50. The van der Waals surface area contributed by atoms with Crippen LogP contribution in [-0.4, -0.2) is 20.9 Å². The van der Waals surface area contributed by atoms with E-state index in [4.69, 9.17) is 0 Å². The first kappa shape index (κ1) is 14.3. The second kappa shape index (κ2) is 6.91. The quantitative estimate of drug-likeness (QED) is 0.786. The van der Waals surface area contributed by atoms with Crippen molar-refractivity contribution in [3.63, 3.8) is 0 Å². The Morgan fingerprint density at radius 3 is 2.73 bits per heavy atom. The number of rotatable bonds is 5. The predicted octanol–water partition coefficient (Wildman–Crippen LogP) is 2.65. The van der Waals surface area contributed by atoms with Crippen LogP contribution >= 0.6 is 11.3 Å². The van der Waals surface area contributed by atoms with Crippen molar-refractivity contribution < 1.29 is 4.79 Å². The molecule has 3 heterocycles. The van der Waals surface area contributed by atoms with E-state index in [1.54, 1.807) is 23.7 Å². The van der Waals surface area contributed by atoms with E-state index in [0.717, 1.165) is 5.56 Å². The molecule has 0 aromatic carbocycles. The number of nitrogens with zero attached hydrogens (tertiary/aromatic N) is 3. The average molecular weight is 310 g/mol. The van der Waals surface area contributed by atoms with E-state index in [2.05, 4.69) is 31.7 Å². The molecule has 3 aromatic heterocycles. The maximum absolute atomic E-state index is 12.3. The smallest absolute Gasteiger partial charge is 0.254 e. The minimum atomic E-state index is -0.190. The maximum Gasteiger partial charge on any atom is 0.254 e. The highest BCUT2D eigenvalue weighted by Crippen LogP contribution is 2.19. The first-order valence-corrected chi connectivity index (χ1v) is 7.74. The van der Waals surface area contributed by atoms with Gasteiger partial charge in [-0.15, -0.1) is 0 Å². The van der Waals surface area contributed by atoms with Gasteiger partial charge in [0.1, 0.15) is 6.33 Å². The molecule has 0 saturated carbocycles. The molecule has 0 fully saturated rings. The van der Waals surface area contributed by atoms with E-state index in [0.29, 0.717) is 12.0 Å². The third-order valence-corrected chi connectivity index (χ3v) is 3.97. The lowest BCUT2D eigenvalue weighted by Crippen LogP contribution is -2.30. The Balaban J connectivity index is 1.81. The van der Waals surface area contributed by atoms with Crippen molar-refractivity contribution >= 4 is 17.2 Å². The van der Waals surface area contributed by atoms with Gasteiger partial charge in [0, 0.05) is 24.8 Å². The van der Waals surface area contributed by atoms with Gasteiger partial charge < -0.3 is 5.32 Å². The molecular formula is C16H14N4OS. The summed E-state index contributed by atoms with van der Waals surface area (Å²) in [6.07, 6.45) is 8.63. The molecule has 0 aliphatic carbocycles. The molecule has 1 atom stereocenters. The van der Waals surface area contributed by atoms with Gasteiger partial charge in [0.05, 0.1) is 11.6 Å². The third kappa shape index (κ3) is 3.53. The van der Waals surface area contributed by atoms with Gasteiger partial charge in [-0.05, 0) is 40.4 Å². The number of nitrogens with one attached hydrogen (secondary N) is 1. The molecule has 0 aliphatic heterocycles. The lowest BCUT2D eigenvalue weighted by molar-refractivity contribution is 0.0935. The molecule has 1 N–H and O–H groups in total. The third-order valence-electron chi connectivity index (χ3n) is 3.23. The van der Waals surface area contributed by atoms with Crippen LogP contribution in [0, 0.1) is 0 Å². The summed E-state index contributed by atoms with van der Waals surface area (Å²) < 4.78 is 0. The van der Waals surface area contributed by atoms with Crippen LogP contribution in [0.2, 0.25) is 0 Å². The molecule has 5 nitrogen and oxygen atoms in total. The summed E-state index contributed by atoms with van der Waals surface area (Å²) in [5, 5.41) is 7.15. The standard InChI is InChI=1S/C16H14N4OS/c21-16(14-8-18-11-19-9-14)20-15(6-12-3-5-22-10-12)13-2-1-4-17-7-13/h1-5,7-11,15H,6H2,(H,20,21). The Morgan fingerprint density at radius 1 is 1.18 bits per heavy atom. The number of hydrogen-bond acceptors (Lipinski definition) is 5. The maximum atomic E-state index is 12.3. The summed E-state index contributed by atoms with van der Waals surface area (Å²) in [6, 6.07) is 5.75. The highest BCUT2D eigenvalue weighted by Gasteiger charge is 2.17. The number of aromatic nitrogens is 3. The van der Waals surface area contributed by atoms with Crippen LogP contribution < -0.4 is 5.32 Å². The van der Waals surface area contributed by atoms with E-state index in [1.165, 1.54) is 24.3 Å². The van der Waals surface area contributed by atoms with Crippen molar-refractivity contribution in [2.24, 2.45) is 0 Å². The van der Waals surface area contributed by atoms with Crippen molar-refractivity contribution in [3.05, 3.63) is 76.8 Å². The van der Waals surface area contributed by atoms with Crippen LogP contribution in [0.1, 0.15) is 27.5 Å². The SMILES string of the molecule is O=C(NC(Cc1ccsc1)c1cccnc1)c1cncnc1. The highest BCUT2D eigenvalue weighted by atomic mass is 32.1. The fourth-order valence-electron chi connectivity index (χ4n) is 2.14. The van der Waals surface area contributed by atoms with Crippen molar-refractivity contribution in [3.8, 4) is 0 Å². The Morgan fingerprint density at radius 2 is 2.05 bits per heavy atom. The predicted molar refractivity (Wildman–Crippen MR) is 84.5 cm³/mol. The van der Waals surface area contributed by atoms with Crippen LogP contribution in [0.5, 0.6) is 0 Å². The van der Waals surface area contributed by atoms with Gasteiger partial charge in [0.2, 0.25) is 0 Å². The van der Waals surface area contributed by atoms with Crippen LogP contribution in [0.3, 0.4) is 0 Å². The van der Waals surface area contributed by atoms with Gasteiger partial charge >= 0.3 is 0 Å². The second-order valence-electron chi connectivity index (χ2n) is 4.78. The van der Waals surface area contributed by atoms with E-state index in [1.807, 2.05) is 17.5 Å². The molecule has 0 spiro atoms. The van der Waals surface area contributed by atoms with Gasteiger partial charge in [-0.1, -0.05) is 6.07 Å². The average Bonchev–Trinajstić information content (AvgIpc) is 3.09. The number of hydrogen-bond donors (Lipinski definition) is 1. The van der Waals surface area contributed by atoms with Crippen molar-refractivity contribution in [1.82, 2.24) is 20.3 Å². The summed E-state index contributed by atoms with van der Waals surface area (Å²) in [5.41, 5.74) is 2.60. The van der Waals surface area contributed by atoms with Crippen molar-refractivity contribution in [2.75, 3.05) is 0 Å². The molecule has 0 aliphatic rings. The summed E-state index contributed by atoms with van der Waals surface area (Å²) in [4.78, 5) is 24.2. The Hall–Kier alpha value is -2.60. The molecule has 0 bridgehead atoms. The largest absolute Gasteiger partial charge is 0.345 e. The van der Waals surface area contributed by atoms with E-state index in [9.17, 15) is 4.79 Å². The molecule has 0 saturated heterocycles. The van der Waals surface area contributed by atoms with Gasteiger partial charge in [-0.25, -0.2) is 9.97 Å². The second-order valence-corrected chi connectivity index (χ2v) is 5.56. The molecule has 110 valence electrons. The fourth-order valence-corrected chi connectivity index (χ4v) is 2.82. The number of carbonyl (C=O) groups is 1. The normalized spacial score (nSPS) is 11.8. The number of amides is 1. The zero-order valence-electron chi connectivity index (χ0n) is 11.7. The highest BCUT2D eigenvalue weighted by molar-refractivity contribution is 7.07. The summed E-state index contributed by atoms with van der Waals surface area (Å²) in [5.74, 6) is -0.190. The molecule has 6 heteroatoms. The van der Waals surface area contributed by atoms with Gasteiger partial charge in [0.15, 0.2) is 0 Å². The number of carbonyl (C=O) groups excluding carboxylic acids is 1. The minimum Gasteiger partial charge on any atom is -0.345 e. The molecule has 3 rings (SSSR count). The molecule has 22 heavy (non-hydrogen) atoms. The molecule has 1 amide bonds. The Bertz CT molecular complexity index is 716. The lowest BCUT2D eigenvalue weighted by atomic mass is 10.0. The summed E-state index contributed by atoms with van der Waals surface area (Å²) in [7, 11) is 0. The lowest BCUT2D eigenvalue weighted by Gasteiger charge is -2.18. The number of thiophene rings is 1. The number of pyridine rings is 1. The van der Waals surface area contributed by atoms with E-state index < -0.39 is 0 Å². The zero-order chi connectivity index (χ0) is 15.2. The monoisotopic (exact) mass is 310 g/mol. The summed E-state index contributed by atoms with van der Waals surface area (Å²) >= 11 is 1.64. The molecule has 0 radical (unpaired) electrons. The first-order valence-electron chi connectivity index (χ1n) is 6.80. The van der Waals surface area contributed by atoms with Crippen molar-refractivity contribution in [2.45, 2.75) is 12.5 Å². The molecule has 1 unspecified atom stereocenters. The van der Waals surface area contributed by atoms with Gasteiger partial charge in [-0.2, -0.15) is 11.3 Å². The minimum absolute atomic E-state index is 0.143. The molecule has 3 aromatic rings. The first-order chi connectivity index (χ1) is 10.8. The van der Waals surface area contributed by atoms with Crippen LogP contribution in [-0.2, 0) is 6.42 Å². The van der Waals surface area contributed by atoms with Crippen LogP contribution in [0.25, 0.3) is 0 Å². The van der Waals surface area contributed by atoms with E-state index in [-0.39, 0.29) is 11.9 Å². The van der Waals surface area contributed by atoms with Gasteiger partial charge in [0.25, 0.3) is 5.91 Å². The topological polar surface area (TPSA) is 67.8 Å². The summed E-state index contributed by atoms with van der Waals surface area (Å²) in [6.45, 7) is 0. The van der Waals surface area contributed by atoms with Gasteiger partial charge in [-0.3, -0.25) is 9.78 Å². The van der Waals surface area contributed by atoms with Crippen LogP contribution in [0.4, 0.5) is 0 Å². The Labute approximate surface area is 132 Å². The van der Waals surface area contributed by atoms with Crippen molar-refractivity contribution in [1.29, 1.82) is 0 Å². The van der Waals surface area contributed by atoms with Crippen LogP contribution in [0.15, 0.2) is 60.1 Å². The molecular weight excluding hydrogens is 296 g/mol. The van der Waals surface area contributed by atoms with E-state index >= 15 is 0 Å².